The van der Waals surface area contributed by atoms with E-state index in [-0.39, 0.29) is 5.95 Å². The minimum atomic E-state index is -0.751. The molecule has 11 nitrogen and oxygen atoms in total. The lowest BCUT2D eigenvalue weighted by atomic mass is 10.2. The fourth-order valence-electron chi connectivity index (χ4n) is 4.03. The Hall–Kier alpha value is -3.51. The third-order valence-corrected chi connectivity index (χ3v) is 6.26. The Bertz CT molecular complexity index is 1590. The van der Waals surface area contributed by atoms with Crippen molar-refractivity contribution in [3.63, 3.8) is 0 Å². The highest BCUT2D eigenvalue weighted by atomic mass is 35.5. The third kappa shape index (κ3) is 6.70. The van der Waals surface area contributed by atoms with Gasteiger partial charge in [0.15, 0.2) is 6.23 Å². The molecule has 0 spiro atoms. The second-order valence-corrected chi connectivity index (χ2v) is 12.3. The molecule has 1 aliphatic rings. The SMILES string of the molecule is Cc1cc(Nc2nccc3nn(-c4c(Cl)cccc4Cl)cc23)nc(N(C(=O)OC(C)(C)C)C2OC2OC(C)(C)C)n1. The minimum absolute atomic E-state index is 0.0949. The molecule has 1 N–H and O–H groups in total. The first kappa shape index (κ1) is 29.0. The van der Waals surface area contributed by atoms with Crippen LogP contribution in [0.5, 0.6) is 0 Å². The average Bonchev–Trinajstić information content (AvgIpc) is 3.39. The first-order chi connectivity index (χ1) is 19.2. The number of carbonyl (C=O) groups excluding carboxylic acids is 1. The summed E-state index contributed by atoms with van der Waals surface area (Å²) in [5.41, 5.74) is 0.587. The van der Waals surface area contributed by atoms with E-state index in [0.29, 0.717) is 44.0 Å². The lowest BCUT2D eigenvalue weighted by Gasteiger charge is -2.26. The Morgan fingerprint density at radius 1 is 1.07 bits per heavy atom. The molecule has 3 aromatic heterocycles. The largest absolute Gasteiger partial charge is 0.443 e. The molecule has 2 atom stereocenters. The number of fused-ring (bicyclic) bond motifs is 1. The molecule has 0 bridgehead atoms. The summed E-state index contributed by atoms with van der Waals surface area (Å²) >= 11 is 12.8. The van der Waals surface area contributed by atoms with Gasteiger partial charge in [-0.25, -0.2) is 24.3 Å². The van der Waals surface area contributed by atoms with Crippen LogP contribution in [0.3, 0.4) is 0 Å². The van der Waals surface area contributed by atoms with Crippen molar-refractivity contribution in [1.82, 2.24) is 24.7 Å². The van der Waals surface area contributed by atoms with Crippen LogP contribution < -0.4 is 10.2 Å². The molecule has 1 aromatic carbocycles. The first-order valence-corrected chi connectivity index (χ1v) is 13.7. The minimum Gasteiger partial charge on any atom is -0.443 e. The Morgan fingerprint density at radius 2 is 1.78 bits per heavy atom. The summed E-state index contributed by atoms with van der Waals surface area (Å²) in [5, 5.41) is 9.50. The molecule has 1 amide bonds. The number of benzene rings is 1. The molecular formula is C28H31Cl2N7O4. The van der Waals surface area contributed by atoms with Gasteiger partial charge in [-0.15, -0.1) is 0 Å². The highest BCUT2D eigenvalue weighted by Gasteiger charge is 2.52. The van der Waals surface area contributed by atoms with Gasteiger partial charge in [-0.3, -0.25) is 0 Å². The summed E-state index contributed by atoms with van der Waals surface area (Å²) < 4.78 is 18.9. The predicted molar refractivity (Wildman–Crippen MR) is 157 cm³/mol. The fraction of sp³-hybridized carbons (Fsp3) is 0.393. The van der Waals surface area contributed by atoms with Crippen molar-refractivity contribution >= 4 is 57.8 Å². The maximum Gasteiger partial charge on any atom is 0.419 e. The van der Waals surface area contributed by atoms with Gasteiger partial charge in [0, 0.05) is 24.2 Å². The molecule has 0 radical (unpaired) electrons. The van der Waals surface area contributed by atoms with Crippen LogP contribution in [-0.4, -0.2) is 54.5 Å². The number of pyridine rings is 1. The highest BCUT2D eigenvalue weighted by Crippen LogP contribution is 2.35. The normalized spacial score (nSPS) is 17.0. The zero-order valence-corrected chi connectivity index (χ0v) is 25.3. The molecule has 4 aromatic rings. The van der Waals surface area contributed by atoms with Crippen molar-refractivity contribution in [2.24, 2.45) is 0 Å². The molecular weight excluding hydrogens is 569 g/mol. The maximum absolute atomic E-state index is 13.3. The van der Waals surface area contributed by atoms with E-state index >= 15 is 0 Å². The van der Waals surface area contributed by atoms with Crippen LogP contribution in [0.2, 0.25) is 10.0 Å². The van der Waals surface area contributed by atoms with Crippen LogP contribution in [0.1, 0.15) is 47.2 Å². The molecule has 2 unspecified atom stereocenters. The number of ether oxygens (including phenoxy) is 3. The smallest absolute Gasteiger partial charge is 0.419 e. The number of nitrogens with zero attached hydrogens (tertiary/aromatic N) is 6. The van der Waals surface area contributed by atoms with E-state index in [4.69, 9.17) is 37.4 Å². The van der Waals surface area contributed by atoms with Gasteiger partial charge >= 0.3 is 6.09 Å². The quantitative estimate of drug-likeness (QED) is 0.238. The Kier molecular flexibility index (Phi) is 7.58. The number of nitrogens with one attached hydrogen (secondary N) is 1. The zero-order valence-electron chi connectivity index (χ0n) is 23.8. The van der Waals surface area contributed by atoms with Gasteiger partial charge in [0.05, 0.1) is 26.5 Å². The van der Waals surface area contributed by atoms with Crippen LogP contribution in [-0.2, 0) is 14.2 Å². The van der Waals surface area contributed by atoms with Crippen molar-refractivity contribution in [2.75, 3.05) is 10.2 Å². The number of aryl methyl sites for hydroxylation is 1. The second-order valence-electron chi connectivity index (χ2n) is 11.5. The summed E-state index contributed by atoms with van der Waals surface area (Å²) in [4.78, 5) is 28.2. The summed E-state index contributed by atoms with van der Waals surface area (Å²) in [6.45, 7) is 12.9. The third-order valence-electron chi connectivity index (χ3n) is 5.65. The number of hydrogen-bond acceptors (Lipinski definition) is 9. The van der Waals surface area contributed by atoms with Gasteiger partial charge in [0.1, 0.15) is 22.9 Å². The van der Waals surface area contributed by atoms with Gasteiger partial charge in [-0.05, 0) is 66.7 Å². The van der Waals surface area contributed by atoms with Gasteiger partial charge in [-0.2, -0.15) is 10.1 Å². The van der Waals surface area contributed by atoms with Gasteiger partial charge in [-0.1, -0.05) is 29.3 Å². The number of rotatable bonds is 6. The molecule has 0 aliphatic carbocycles. The van der Waals surface area contributed by atoms with Crippen LogP contribution in [0, 0.1) is 6.92 Å². The Labute approximate surface area is 247 Å². The van der Waals surface area contributed by atoms with Gasteiger partial charge in [0.25, 0.3) is 0 Å². The molecule has 0 saturated carbocycles. The zero-order chi connectivity index (χ0) is 29.7. The van der Waals surface area contributed by atoms with Crippen molar-refractivity contribution in [2.45, 2.75) is 72.2 Å². The molecule has 4 heterocycles. The molecule has 1 fully saturated rings. The van der Waals surface area contributed by atoms with Crippen LogP contribution in [0.25, 0.3) is 16.6 Å². The standard InChI is InChI=1S/C28H31Cl2N7O4/c1-15-13-20(33-22-16-14-36(35-19(16)11-12-31-22)21-17(29)9-8-10-18(21)30)34-25(32-15)37(26(38)41-28(5,6)7)23-24(39-23)40-27(2,3)4/h8-14,23-24H,1-7H3,(H,31,32,33,34). The van der Waals surface area contributed by atoms with E-state index in [2.05, 4.69) is 25.4 Å². The van der Waals surface area contributed by atoms with E-state index in [9.17, 15) is 4.79 Å². The van der Waals surface area contributed by atoms with Gasteiger partial charge in [0.2, 0.25) is 12.2 Å². The van der Waals surface area contributed by atoms with Crippen molar-refractivity contribution in [1.29, 1.82) is 0 Å². The molecule has 13 heteroatoms. The lowest BCUT2D eigenvalue weighted by molar-refractivity contribution is -0.0570. The summed E-state index contributed by atoms with van der Waals surface area (Å²) in [6, 6.07) is 8.78. The molecule has 41 heavy (non-hydrogen) atoms. The number of halogens is 2. The molecule has 1 aliphatic heterocycles. The number of carbonyl (C=O) groups is 1. The second kappa shape index (κ2) is 10.7. The predicted octanol–water partition coefficient (Wildman–Crippen LogP) is 6.81. The summed E-state index contributed by atoms with van der Waals surface area (Å²) in [5.74, 6) is 0.984. The van der Waals surface area contributed by atoms with Crippen molar-refractivity contribution < 1.29 is 19.0 Å². The topological polar surface area (TPSA) is 120 Å². The van der Waals surface area contributed by atoms with Crippen LogP contribution in [0.15, 0.2) is 42.7 Å². The monoisotopic (exact) mass is 599 g/mol. The number of aromatic nitrogens is 5. The number of epoxide rings is 1. The highest BCUT2D eigenvalue weighted by molar-refractivity contribution is 6.37. The Balaban J connectivity index is 1.49. The van der Waals surface area contributed by atoms with E-state index in [1.165, 1.54) is 4.90 Å². The number of para-hydroxylation sites is 1. The van der Waals surface area contributed by atoms with Crippen LogP contribution in [0.4, 0.5) is 22.4 Å². The Morgan fingerprint density at radius 3 is 2.44 bits per heavy atom. The van der Waals surface area contributed by atoms with Crippen LogP contribution >= 0.6 is 23.2 Å². The van der Waals surface area contributed by atoms with E-state index in [1.54, 1.807) is 75.1 Å². The number of amides is 1. The maximum atomic E-state index is 13.3. The number of anilines is 3. The van der Waals surface area contributed by atoms with Crippen molar-refractivity contribution in [3.05, 3.63) is 58.5 Å². The average molecular weight is 601 g/mol. The molecule has 216 valence electrons. The van der Waals surface area contributed by atoms with E-state index in [0.717, 1.165) is 0 Å². The summed E-state index contributed by atoms with van der Waals surface area (Å²) in [7, 11) is 0. The summed E-state index contributed by atoms with van der Waals surface area (Å²) in [6.07, 6.45) is 1.36. The number of hydrogen-bond donors (Lipinski definition) is 1. The van der Waals surface area contributed by atoms with E-state index < -0.39 is 29.8 Å². The molecule has 1 saturated heterocycles. The van der Waals surface area contributed by atoms with E-state index in [1.807, 2.05) is 20.8 Å². The first-order valence-electron chi connectivity index (χ1n) is 13.0. The fourth-order valence-corrected chi connectivity index (χ4v) is 4.60. The lowest BCUT2D eigenvalue weighted by Crippen LogP contribution is -2.41. The molecule has 5 rings (SSSR count). The van der Waals surface area contributed by atoms with Crippen molar-refractivity contribution in [3.8, 4) is 5.69 Å². The van der Waals surface area contributed by atoms with Gasteiger partial charge < -0.3 is 19.5 Å².